The number of nitrogens with zero attached hydrogens (tertiary/aromatic N) is 4. The lowest BCUT2D eigenvalue weighted by Gasteiger charge is -2.34. The van der Waals surface area contributed by atoms with E-state index in [1.807, 2.05) is 25.1 Å². The Hall–Kier alpha value is -2.95. The normalized spacial score (nSPS) is 14.9. The Morgan fingerprint density at radius 2 is 1.82 bits per heavy atom. The molecule has 3 aromatic rings. The minimum atomic E-state index is 0.435. The number of pyridine rings is 1. The molecule has 1 aliphatic rings. The van der Waals surface area contributed by atoms with Gasteiger partial charge >= 0.3 is 0 Å². The first kappa shape index (κ1) is 18.4. The quantitative estimate of drug-likeness (QED) is 0.714. The van der Waals surface area contributed by atoms with Crippen molar-refractivity contribution >= 4 is 11.5 Å². The molecule has 5 heteroatoms. The molecule has 1 fully saturated rings. The molecular weight excluding hydrogens is 346 g/mol. The molecule has 0 spiro atoms. The Balaban J connectivity index is 1.41. The van der Waals surface area contributed by atoms with Crippen molar-refractivity contribution < 1.29 is 0 Å². The molecule has 2 aromatic heterocycles. The molecule has 0 radical (unpaired) electrons. The van der Waals surface area contributed by atoms with Crippen LogP contribution in [0.4, 0.5) is 11.5 Å². The lowest BCUT2D eigenvalue weighted by Crippen LogP contribution is -2.39. The van der Waals surface area contributed by atoms with E-state index in [1.54, 1.807) is 12.4 Å². The summed E-state index contributed by atoms with van der Waals surface area (Å²) in [5, 5.41) is 3.63. The van der Waals surface area contributed by atoms with Gasteiger partial charge in [0.05, 0.1) is 0 Å². The summed E-state index contributed by atoms with van der Waals surface area (Å²) < 4.78 is 0. The van der Waals surface area contributed by atoms with Gasteiger partial charge in [-0.1, -0.05) is 19.1 Å². The first-order valence-electron chi connectivity index (χ1n) is 10.1. The van der Waals surface area contributed by atoms with Gasteiger partial charge in [-0.05, 0) is 56.0 Å². The van der Waals surface area contributed by atoms with Crippen LogP contribution in [0.15, 0.2) is 54.9 Å². The van der Waals surface area contributed by atoms with Gasteiger partial charge in [-0.15, -0.1) is 0 Å². The average molecular weight is 374 g/mol. The molecule has 0 aliphatic carbocycles. The van der Waals surface area contributed by atoms with E-state index in [1.165, 1.54) is 11.3 Å². The van der Waals surface area contributed by atoms with E-state index in [2.05, 4.69) is 51.4 Å². The Morgan fingerprint density at radius 1 is 1.04 bits per heavy atom. The molecular formula is C23H27N5. The van der Waals surface area contributed by atoms with Crippen molar-refractivity contribution in [1.29, 1.82) is 0 Å². The van der Waals surface area contributed by atoms with Gasteiger partial charge in [0.2, 0.25) is 0 Å². The van der Waals surface area contributed by atoms with E-state index < -0.39 is 0 Å². The predicted molar refractivity (Wildman–Crippen MR) is 115 cm³/mol. The maximum atomic E-state index is 4.73. The zero-order valence-corrected chi connectivity index (χ0v) is 16.6. The van der Waals surface area contributed by atoms with Gasteiger partial charge in [0, 0.05) is 54.5 Å². The number of nitrogens with one attached hydrogen (secondary N) is 1. The molecule has 5 nitrogen and oxygen atoms in total. The highest BCUT2D eigenvalue weighted by Crippen LogP contribution is 2.24. The minimum absolute atomic E-state index is 0.435. The van der Waals surface area contributed by atoms with Crippen molar-refractivity contribution in [2.45, 2.75) is 39.2 Å². The van der Waals surface area contributed by atoms with Crippen LogP contribution in [-0.4, -0.2) is 34.1 Å². The molecule has 0 saturated carbocycles. The van der Waals surface area contributed by atoms with Gasteiger partial charge in [-0.25, -0.2) is 9.97 Å². The number of piperidine rings is 1. The van der Waals surface area contributed by atoms with Gasteiger partial charge in [0.1, 0.15) is 5.82 Å². The minimum Gasteiger partial charge on any atom is -0.371 e. The fraction of sp³-hybridized carbons (Fsp3) is 0.348. The van der Waals surface area contributed by atoms with E-state index in [9.17, 15) is 0 Å². The van der Waals surface area contributed by atoms with E-state index in [4.69, 9.17) is 4.98 Å². The van der Waals surface area contributed by atoms with Crippen LogP contribution in [0.1, 0.15) is 31.0 Å². The summed E-state index contributed by atoms with van der Waals surface area (Å²) in [6, 6.07) is 15.3. The third-order valence-electron chi connectivity index (χ3n) is 5.32. The Labute approximate surface area is 166 Å². The number of aromatic nitrogens is 3. The summed E-state index contributed by atoms with van der Waals surface area (Å²) in [5.41, 5.74) is 4.71. The summed E-state index contributed by atoms with van der Waals surface area (Å²) >= 11 is 0. The Kier molecular flexibility index (Phi) is 5.51. The fourth-order valence-corrected chi connectivity index (χ4v) is 3.74. The van der Waals surface area contributed by atoms with Crippen LogP contribution >= 0.6 is 0 Å². The molecule has 0 amide bonds. The van der Waals surface area contributed by atoms with Gasteiger partial charge in [0.15, 0.2) is 5.82 Å². The van der Waals surface area contributed by atoms with Crippen molar-refractivity contribution in [1.82, 2.24) is 15.0 Å². The second-order valence-electron chi connectivity index (χ2n) is 7.38. The molecule has 1 saturated heterocycles. The monoisotopic (exact) mass is 373 g/mol. The van der Waals surface area contributed by atoms with Crippen molar-refractivity contribution in [2.75, 3.05) is 23.3 Å². The summed E-state index contributed by atoms with van der Waals surface area (Å²) in [6.07, 6.45) is 6.83. The molecule has 3 heterocycles. The lowest BCUT2D eigenvalue weighted by molar-refractivity contribution is 0.525. The van der Waals surface area contributed by atoms with Crippen LogP contribution in [0.5, 0.6) is 0 Å². The van der Waals surface area contributed by atoms with Gasteiger partial charge in [-0.2, -0.15) is 0 Å². The first-order chi connectivity index (χ1) is 13.7. The number of anilines is 2. The number of hydrogen-bond acceptors (Lipinski definition) is 5. The first-order valence-corrected chi connectivity index (χ1v) is 10.1. The third-order valence-corrected chi connectivity index (χ3v) is 5.32. The molecule has 144 valence electrons. The lowest BCUT2D eigenvalue weighted by atomic mass is 10.0. The second kappa shape index (κ2) is 8.38. The highest BCUT2D eigenvalue weighted by atomic mass is 15.2. The van der Waals surface area contributed by atoms with Gasteiger partial charge < -0.3 is 10.2 Å². The summed E-state index contributed by atoms with van der Waals surface area (Å²) in [7, 11) is 0. The molecule has 1 aliphatic heterocycles. The summed E-state index contributed by atoms with van der Waals surface area (Å²) in [4.78, 5) is 15.9. The highest BCUT2D eigenvalue weighted by molar-refractivity contribution is 5.57. The fourth-order valence-electron chi connectivity index (χ4n) is 3.74. The number of rotatable bonds is 5. The van der Waals surface area contributed by atoms with E-state index in [0.717, 1.165) is 55.3 Å². The standard InChI is InChI=1S/C23H27N5/c1-3-18-5-4-6-21(16-18)28-13-9-20(10-14-28)26-22-15-17(2)25-23(27-22)19-7-11-24-12-8-19/h4-8,11-12,15-16,20H,3,9-10,13-14H2,1-2H3,(H,25,26,27). The van der Waals surface area contributed by atoms with Crippen LogP contribution in [0, 0.1) is 6.92 Å². The topological polar surface area (TPSA) is 53.9 Å². The molecule has 1 aromatic carbocycles. The van der Waals surface area contributed by atoms with Crippen molar-refractivity contribution in [3.05, 3.63) is 66.1 Å². The largest absolute Gasteiger partial charge is 0.371 e. The van der Waals surface area contributed by atoms with Crippen LogP contribution in [0.2, 0.25) is 0 Å². The average Bonchev–Trinajstić information content (AvgIpc) is 2.74. The van der Waals surface area contributed by atoms with Crippen LogP contribution in [0.3, 0.4) is 0 Å². The molecule has 28 heavy (non-hydrogen) atoms. The smallest absolute Gasteiger partial charge is 0.161 e. The number of hydrogen-bond donors (Lipinski definition) is 1. The van der Waals surface area contributed by atoms with Crippen molar-refractivity contribution in [3.8, 4) is 11.4 Å². The van der Waals surface area contributed by atoms with Crippen LogP contribution in [-0.2, 0) is 6.42 Å². The van der Waals surface area contributed by atoms with Crippen LogP contribution in [0.25, 0.3) is 11.4 Å². The van der Waals surface area contributed by atoms with Crippen molar-refractivity contribution in [3.63, 3.8) is 0 Å². The van der Waals surface area contributed by atoms with Crippen LogP contribution < -0.4 is 10.2 Å². The maximum absolute atomic E-state index is 4.73. The third kappa shape index (κ3) is 4.30. The molecule has 1 N–H and O–H groups in total. The van der Waals surface area contributed by atoms with E-state index in [0.29, 0.717) is 6.04 Å². The highest BCUT2D eigenvalue weighted by Gasteiger charge is 2.20. The summed E-state index contributed by atoms with van der Waals surface area (Å²) in [6.45, 7) is 6.35. The maximum Gasteiger partial charge on any atom is 0.161 e. The van der Waals surface area contributed by atoms with E-state index in [-0.39, 0.29) is 0 Å². The van der Waals surface area contributed by atoms with E-state index >= 15 is 0 Å². The zero-order valence-electron chi connectivity index (χ0n) is 16.6. The SMILES string of the molecule is CCc1cccc(N2CCC(Nc3cc(C)nc(-c4ccncc4)n3)CC2)c1. The molecule has 4 rings (SSSR count). The number of benzene rings is 1. The molecule has 0 bridgehead atoms. The zero-order chi connectivity index (χ0) is 19.3. The van der Waals surface area contributed by atoms with Gasteiger partial charge in [0.25, 0.3) is 0 Å². The Morgan fingerprint density at radius 3 is 2.57 bits per heavy atom. The molecule has 0 unspecified atom stereocenters. The summed E-state index contributed by atoms with van der Waals surface area (Å²) in [5.74, 6) is 1.66. The molecule has 0 atom stereocenters. The van der Waals surface area contributed by atoms with Crippen molar-refractivity contribution in [2.24, 2.45) is 0 Å². The predicted octanol–water partition coefficient (Wildman–Crippen LogP) is 4.49. The Bertz CT molecular complexity index is 917. The number of aryl methyl sites for hydroxylation is 2. The van der Waals surface area contributed by atoms with Gasteiger partial charge in [-0.3, -0.25) is 4.98 Å². The second-order valence-corrected chi connectivity index (χ2v) is 7.38.